The number of rotatable bonds is 4. The van der Waals surface area contributed by atoms with Crippen molar-refractivity contribution in [1.29, 1.82) is 0 Å². The molecule has 0 atom stereocenters. The van der Waals surface area contributed by atoms with Crippen molar-refractivity contribution in [1.82, 2.24) is 0 Å². The van der Waals surface area contributed by atoms with E-state index in [4.69, 9.17) is 0 Å². The average Bonchev–Trinajstić information content (AvgIpc) is 3.04. The van der Waals surface area contributed by atoms with Gasteiger partial charge in [-0.1, -0.05) is 168 Å². The van der Waals surface area contributed by atoms with Crippen LogP contribution in [-0.4, -0.2) is 6.71 Å². The van der Waals surface area contributed by atoms with Crippen molar-refractivity contribution in [3.05, 3.63) is 147 Å². The van der Waals surface area contributed by atoms with Crippen LogP contribution in [-0.2, 0) is 18.3 Å². The zero-order valence-electron chi connectivity index (χ0n) is 30.7. The molecule has 8 rings (SSSR count). The van der Waals surface area contributed by atoms with Gasteiger partial charge < -0.3 is 0 Å². The molecule has 1 aliphatic carbocycles. The number of aryl methyl sites for hydroxylation is 8. The van der Waals surface area contributed by atoms with Crippen LogP contribution in [0.1, 0.15) is 70.8 Å². The molecule has 0 unspecified atom stereocenters. The van der Waals surface area contributed by atoms with Crippen LogP contribution in [0, 0.1) is 41.5 Å². The second-order valence-corrected chi connectivity index (χ2v) is 16.0. The summed E-state index contributed by atoms with van der Waals surface area (Å²) in [7, 11) is 0. The lowest BCUT2D eigenvalue weighted by molar-refractivity contribution is 0.590. The zero-order valence-corrected chi connectivity index (χ0v) is 30.7. The van der Waals surface area contributed by atoms with Crippen LogP contribution in [0.5, 0.6) is 0 Å². The molecular weight excluding hydrogens is 587 g/mol. The molecule has 0 radical (unpaired) electrons. The summed E-state index contributed by atoms with van der Waals surface area (Å²) in [6, 6.07) is 37.8. The van der Waals surface area contributed by atoms with E-state index in [0.29, 0.717) is 0 Å². The van der Waals surface area contributed by atoms with E-state index in [9.17, 15) is 0 Å². The summed E-state index contributed by atoms with van der Waals surface area (Å²) in [6.45, 7) is 21.0. The maximum atomic E-state index is 2.61. The van der Waals surface area contributed by atoms with Gasteiger partial charge in [-0.2, -0.15) is 0 Å². The summed E-state index contributed by atoms with van der Waals surface area (Å²) in [5.41, 5.74) is 19.8. The zero-order chi connectivity index (χ0) is 34.4. The van der Waals surface area contributed by atoms with Crippen LogP contribution in [0.4, 0.5) is 0 Å². The van der Waals surface area contributed by atoms with Gasteiger partial charge in [0.15, 0.2) is 0 Å². The third-order valence-electron chi connectivity index (χ3n) is 11.4. The van der Waals surface area contributed by atoms with Crippen molar-refractivity contribution >= 4 is 55.4 Å². The Balaban J connectivity index is 1.58. The Morgan fingerprint density at radius 1 is 0.510 bits per heavy atom. The van der Waals surface area contributed by atoms with Gasteiger partial charge in [0.25, 0.3) is 0 Å². The van der Waals surface area contributed by atoms with Gasteiger partial charge in [-0.25, -0.2) is 0 Å². The third-order valence-corrected chi connectivity index (χ3v) is 11.4. The first-order valence-corrected chi connectivity index (χ1v) is 18.1. The highest BCUT2D eigenvalue weighted by Crippen LogP contribution is 2.43. The largest absolute Gasteiger partial charge is 0.242 e. The Kier molecular flexibility index (Phi) is 7.42. The van der Waals surface area contributed by atoms with Gasteiger partial charge in [0.05, 0.1) is 0 Å². The first-order valence-electron chi connectivity index (χ1n) is 18.1. The fraction of sp³-hybridized carbons (Fsp3) is 0.250. The van der Waals surface area contributed by atoms with Gasteiger partial charge in [0, 0.05) is 0 Å². The number of fused-ring (bicyclic) bond motifs is 1. The Morgan fingerprint density at radius 2 is 1.12 bits per heavy atom. The average molecular weight is 635 g/mol. The summed E-state index contributed by atoms with van der Waals surface area (Å²) >= 11 is 0. The summed E-state index contributed by atoms with van der Waals surface area (Å²) in [6.07, 6.45) is 2.11. The lowest BCUT2D eigenvalue weighted by atomic mass is 9.33. The van der Waals surface area contributed by atoms with Crippen LogP contribution in [0.3, 0.4) is 0 Å². The molecule has 1 aliphatic rings. The molecule has 0 saturated carbocycles. The van der Waals surface area contributed by atoms with Crippen LogP contribution in [0.2, 0.25) is 0 Å². The van der Waals surface area contributed by atoms with Crippen molar-refractivity contribution in [2.45, 2.75) is 80.6 Å². The second-order valence-electron chi connectivity index (χ2n) is 16.0. The van der Waals surface area contributed by atoms with E-state index >= 15 is 0 Å². The van der Waals surface area contributed by atoms with Gasteiger partial charge in [-0.3, -0.25) is 0 Å². The second kappa shape index (κ2) is 11.5. The minimum Gasteiger partial charge on any atom is -0.0642 e. The molecule has 242 valence electrons. The summed E-state index contributed by atoms with van der Waals surface area (Å²) in [5, 5.41) is 8.28. The minimum absolute atomic E-state index is 0.0992. The van der Waals surface area contributed by atoms with Gasteiger partial charge in [0.2, 0.25) is 6.71 Å². The van der Waals surface area contributed by atoms with E-state index in [-0.39, 0.29) is 12.1 Å². The van der Waals surface area contributed by atoms with Gasteiger partial charge >= 0.3 is 0 Å². The number of hydrogen-bond acceptors (Lipinski definition) is 0. The SMILES string of the molecule is Cc1cc(C)c(B(c2cc(-c3cccc4ccccc34)c3ccc4cc(C(C)(C)C)cc5c4c3c2CC5)c2c(C)cc(C)cc2C)c(C)c1. The maximum Gasteiger partial charge on any atom is 0.242 e. The molecule has 0 bridgehead atoms. The topological polar surface area (TPSA) is 0 Å². The minimum atomic E-state index is 0.0992. The smallest absolute Gasteiger partial charge is 0.0642 e. The molecule has 0 heterocycles. The predicted molar refractivity (Wildman–Crippen MR) is 216 cm³/mol. The summed E-state index contributed by atoms with van der Waals surface area (Å²) in [4.78, 5) is 0. The van der Waals surface area contributed by atoms with Gasteiger partial charge in [0.1, 0.15) is 0 Å². The van der Waals surface area contributed by atoms with Gasteiger partial charge in [-0.15, -0.1) is 0 Å². The molecule has 7 aromatic carbocycles. The fourth-order valence-corrected chi connectivity index (χ4v) is 9.40. The van der Waals surface area contributed by atoms with Crippen molar-refractivity contribution in [3.8, 4) is 11.1 Å². The highest BCUT2D eigenvalue weighted by atomic mass is 14.3. The molecule has 0 N–H and O–H groups in total. The molecule has 0 aliphatic heterocycles. The van der Waals surface area contributed by atoms with Crippen LogP contribution in [0.25, 0.3) is 43.4 Å². The monoisotopic (exact) mass is 634 g/mol. The maximum absolute atomic E-state index is 2.61. The first-order chi connectivity index (χ1) is 23.4. The normalized spacial score (nSPS) is 12.8. The van der Waals surface area contributed by atoms with E-state index < -0.39 is 0 Å². The Morgan fingerprint density at radius 3 is 1.76 bits per heavy atom. The quantitative estimate of drug-likeness (QED) is 0.134. The Bertz CT molecular complexity index is 2380. The van der Waals surface area contributed by atoms with Crippen LogP contribution >= 0.6 is 0 Å². The Labute approximate surface area is 293 Å². The molecule has 0 amide bonds. The van der Waals surface area contributed by atoms with Crippen molar-refractivity contribution in [2.24, 2.45) is 0 Å². The first kappa shape index (κ1) is 31.6. The fourth-order valence-electron chi connectivity index (χ4n) is 9.40. The molecule has 0 spiro atoms. The summed E-state index contributed by atoms with van der Waals surface area (Å²) < 4.78 is 0. The standard InChI is InChI=1S/C48H47B/c1-28-21-30(3)46(31(4)22-28)49(47-32(5)23-29(2)24-33(47)6)43-27-42(39-16-12-14-34-13-10-11-15-38(34)39)40-19-17-35-25-37(48(7,8)9)26-36-18-20-41(43)45(40)44(35)36/h10-17,19,21-27H,18,20H2,1-9H3. The van der Waals surface area contributed by atoms with E-state index in [0.717, 1.165) is 12.8 Å². The van der Waals surface area contributed by atoms with Crippen LogP contribution < -0.4 is 16.4 Å². The van der Waals surface area contributed by atoms with Crippen molar-refractivity contribution < 1.29 is 0 Å². The van der Waals surface area contributed by atoms with E-state index in [1.165, 1.54) is 110 Å². The van der Waals surface area contributed by atoms with E-state index in [2.05, 4.69) is 159 Å². The number of hydrogen-bond donors (Lipinski definition) is 0. The Hall–Kier alpha value is -4.62. The predicted octanol–water partition coefficient (Wildman–Crippen LogP) is 10.6. The highest BCUT2D eigenvalue weighted by Gasteiger charge is 2.33. The molecule has 7 aromatic rings. The molecule has 0 saturated heterocycles. The third kappa shape index (κ3) is 5.13. The van der Waals surface area contributed by atoms with Crippen molar-refractivity contribution in [3.63, 3.8) is 0 Å². The van der Waals surface area contributed by atoms with Gasteiger partial charge in [-0.05, 0) is 120 Å². The van der Waals surface area contributed by atoms with E-state index in [1.54, 1.807) is 0 Å². The molecule has 49 heavy (non-hydrogen) atoms. The van der Waals surface area contributed by atoms with E-state index in [1.807, 2.05) is 0 Å². The lowest BCUT2D eigenvalue weighted by Crippen LogP contribution is -2.57. The molecule has 0 fully saturated rings. The molecule has 0 nitrogen and oxygen atoms in total. The molecule has 0 aromatic heterocycles. The molecular formula is C48H47B. The summed E-state index contributed by atoms with van der Waals surface area (Å²) in [5.74, 6) is 0. The lowest BCUT2D eigenvalue weighted by Gasteiger charge is -2.31. The highest BCUT2D eigenvalue weighted by molar-refractivity contribution is 6.97. The van der Waals surface area contributed by atoms with Crippen molar-refractivity contribution in [2.75, 3.05) is 0 Å². The number of benzene rings is 7. The molecule has 1 heteroatoms. The van der Waals surface area contributed by atoms with Crippen LogP contribution in [0.15, 0.2) is 97.1 Å².